The van der Waals surface area contributed by atoms with Crippen molar-refractivity contribution in [2.24, 2.45) is 0 Å². The lowest BCUT2D eigenvalue weighted by Crippen LogP contribution is -1.94. The molecule has 2 aromatic carbocycles. The number of rotatable bonds is 1. The fourth-order valence-corrected chi connectivity index (χ4v) is 2.64. The van der Waals surface area contributed by atoms with Crippen LogP contribution in [0.15, 0.2) is 53.1 Å². The molecule has 0 aliphatic carbocycles. The average molecular weight is 308 g/mol. The maximum absolute atomic E-state index is 13.3. The van der Waals surface area contributed by atoms with Crippen LogP contribution in [0.2, 0.25) is 0 Å². The summed E-state index contributed by atoms with van der Waals surface area (Å²) in [5.41, 5.74) is 1.53. The van der Waals surface area contributed by atoms with Crippen molar-refractivity contribution in [2.75, 3.05) is 0 Å². The van der Waals surface area contributed by atoms with Crippen molar-refractivity contribution in [3.8, 4) is 5.69 Å². The molecule has 0 fully saturated rings. The predicted octanol–water partition coefficient (Wildman–Crippen LogP) is 4.67. The Morgan fingerprint density at radius 3 is 2.22 bits per heavy atom. The van der Waals surface area contributed by atoms with Crippen molar-refractivity contribution < 1.29 is 8.78 Å². The largest absolute Gasteiger partial charge is 0.304 e. The molecular formula is C14H8BrF2N. The van der Waals surface area contributed by atoms with Crippen LogP contribution in [0.1, 0.15) is 0 Å². The van der Waals surface area contributed by atoms with Crippen LogP contribution in [-0.2, 0) is 0 Å². The summed E-state index contributed by atoms with van der Waals surface area (Å²) in [6.07, 6.45) is 0. The highest BCUT2D eigenvalue weighted by molar-refractivity contribution is 9.10. The lowest BCUT2D eigenvalue weighted by atomic mass is 10.2. The van der Waals surface area contributed by atoms with Gasteiger partial charge in [0.05, 0.1) is 10.1 Å². The Bertz CT molecular complexity index is 716. The van der Waals surface area contributed by atoms with Crippen LogP contribution >= 0.6 is 15.9 Å². The minimum absolute atomic E-state index is 0.294. The minimum atomic E-state index is -0.295. The zero-order chi connectivity index (χ0) is 12.7. The van der Waals surface area contributed by atoms with Crippen molar-refractivity contribution in [1.82, 2.24) is 4.57 Å². The molecule has 0 N–H and O–H groups in total. The molecule has 0 saturated heterocycles. The Balaban J connectivity index is 2.30. The lowest BCUT2D eigenvalue weighted by molar-refractivity contribution is 0.626. The molecule has 1 nitrogen and oxygen atoms in total. The van der Waals surface area contributed by atoms with Gasteiger partial charge in [-0.2, -0.15) is 0 Å². The quantitative estimate of drug-likeness (QED) is 0.615. The van der Waals surface area contributed by atoms with Gasteiger partial charge >= 0.3 is 0 Å². The number of hydrogen-bond acceptors (Lipinski definition) is 0. The Kier molecular flexibility index (Phi) is 2.67. The van der Waals surface area contributed by atoms with Gasteiger partial charge in [-0.05, 0) is 64.5 Å². The van der Waals surface area contributed by atoms with Gasteiger partial charge in [-0.15, -0.1) is 0 Å². The van der Waals surface area contributed by atoms with E-state index >= 15 is 0 Å². The number of aromatic nitrogens is 1. The van der Waals surface area contributed by atoms with E-state index in [-0.39, 0.29) is 11.6 Å². The molecule has 0 radical (unpaired) electrons. The van der Waals surface area contributed by atoms with Crippen molar-refractivity contribution in [3.63, 3.8) is 0 Å². The van der Waals surface area contributed by atoms with E-state index in [0.29, 0.717) is 0 Å². The Morgan fingerprint density at radius 2 is 1.50 bits per heavy atom. The fraction of sp³-hybridized carbons (Fsp3) is 0. The second kappa shape index (κ2) is 4.21. The average Bonchev–Trinajstić information content (AvgIpc) is 2.66. The SMILES string of the molecule is Fc1ccc(-n2c(Br)cc3ccc(F)cc32)cc1. The lowest BCUT2D eigenvalue weighted by Gasteiger charge is -2.07. The summed E-state index contributed by atoms with van der Waals surface area (Å²) >= 11 is 3.44. The molecule has 0 atom stereocenters. The summed E-state index contributed by atoms with van der Waals surface area (Å²) in [6, 6.07) is 12.6. The molecule has 1 aromatic heterocycles. The highest BCUT2D eigenvalue weighted by Gasteiger charge is 2.09. The number of fused-ring (bicyclic) bond motifs is 1. The smallest absolute Gasteiger partial charge is 0.125 e. The number of nitrogens with zero attached hydrogens (tertiary/aromatic N) is 1. The first kappa shape index (κ1) is 11.4. The summed E-state index contributed by atoms with van der Waals surface area (Å²) in [4.78, 5) is 0. The zero-order valence-corrected chi connectivity index (χ0v) is 10.8. The summed E-state index contributed by atoms with van der Waals surface area (Å²) < 4.78 is 28.9. The molecule has 0 aliphatic heterocycles. The predicted molar refractivity (Wildman–Crippen MR) is 70.9 cm³/mol. The van der Waals surface area contributed by atoms with Gasteiger partial charge in [-0.1, -0.05) is 0 Å². The summed E-state index contributed by atoms with van der Waals surface area (Å²) in [5, 5.41) is 0.924. The standard InChI is InChI=1S/C14H8BrF2N/c15-14-7-9-1-2-11(17)8-13(9)18(14)12-5-3-10(16)4-6-12/h1-8H. The normalized spacial score (nSPS) is 11.1. The third kappa shape index (κ3) is 1.82. The molecule has 3 aromatic rings. The maximum Gasteiger partial charge on any atom is 0.125 e. The second-order valence-electron chi connectivity index (χ2n) is 3.98. The van der Waals surface area contributed by atoms with Crippen LogP contribution in [-0.4, -0.2) is 4.57 Å². The molecule has 18 heavy (non-hydrogen) atoms. The van der Waals surface area contributed by atoms with Gasteiger partial charge in [0.15, 0.2) is 0 Å². The van der Waals surface area contributed by atoms with E-state index in [0.717, 1.165) is 21.2 Å². The van der Waals surface area contributed by atoms with Gasteiger partial charge in [0.25, 0.3) is 0 Å². The van der Waals surface area contributed by atoms with Crippen LogP contribution in [0.5, 0.6) is 0 Å². The molecular weight excluding hydrogens is 300 g/mol. The van der Waals surface area contributed by atoms with E-state index in [9.17, 15) is 8.78 Å². The van der Waals surface area contributed by atoms with E-state index in [2.05, 4.69) is 15.9 Å². The molecule has 90 valence electrons. The first-order chi connectivity index (χ1) is 8.65. The van der Waals surface area contributed by atoms with Crippen molar-refractivity contribution >= 4 is 26.8 Å². The van der Waals surface area contributed by atoms with Gasteiger partial charge in [-0.3, -0.25) is 0 Å². The van der Waals surface area contributed by atoms with Crippen LogP contribution in [0, 0.1) is 11.6 Å². The molecule has 0 amide bonds. The van der Waals surface area contributed by atoms with E-state index in [1.54, 1.807) is 18.2 Å². The van der Waals surface area contributed by atoms with Crippen LogP contribution in [0.25, 0.3) is 16.6 Å². The van der Waals surface area contributed by atoms with Gasteiger partial charge in [0.2, 0.25) is 0 Å². The molecule has 4 heteroatoms. The summed E-state index contributed by atoms with van der Waals surface area (Å²) in [6.45, 7) is 0. The summed E-state index contributed by atoms with van der Waals surface area (Å²) in [5.74, 6) is -0.589. The first-order valence-corrected chi connectivity index (χ1v) is 6.17. The third-order valence-electron chi connectivity index (χ3n) is 2.81. The van der Waals surface area contributed by atoms with E-state index in [1.165, 1.54) is 24.3 Å². The zero-order valence-electron chi connectivity index (χ0n) is 9.20. The van der Waals surface area contributed by atoms with Crippen molar-refractivity contribution in [2.45, 2.75) is 0 Å². The second-order valence-corrected chi connectivity index (χ2v) is 4.79. The third-order valence-corrected chi connectivity index (χ3v) is 3.39. The molecule has 0 saturated carbocycles. The fourth-order valence-electron chi connectivity index (χ4n) is 1.99. The first-order valence-electron chi connectivity index (χ1n) is 5.37. The number of hydrogen-bond donors (Lipinski definition) is 0. The Hall–Kier alpha value is -1.68. The topological polar surface area (TPSA) is 4.93 Å². The summed E-state index contributed by atoms with van der Waals surface area (Å²) in [7, 11) is 0. The Labute approximate surface area is 111 Å². The van der Waals surface area contributed by atoms with E-state index in [4.69, 9.17) is 0 Å². The molecule has 3 rings (SSSR count). The van der Waals surface area contributed by atoms with Crippen molar-refractivity contribution in [1.29, 1.82) is 0 Å². The molecule has 0 aliphatic rings. The highest BCUT2D eigenvalue weighted by atomic mass is 79.9. The van der Waals surface area contributed by atoms with E-state index < -0.39 is 0 Å². The van der Waals surface area contributed by atoms with Gasteiger partial charge in [-0.25, -0.2) is 8.78 Å². The molecule has 1 heterocycles. The van der Waals surface area contributed by atoms with E-state index in [1.807, 2.05) is 10.6 Å². The molecule has 0 unspecified atom stereocenters. The number of halogens is 3. The monoisotopic (exact) mass is 307 g/mol. The molecule has 0 bridgehead atoms. The minimum Gasteiger partial charge on any atom is -0.304 e. The van der Waals surface area contributed by atoms with Gasteiger partial charge in [0.1, 0.15) is 11.6 Å². The number of benzene rings is 2. The van der Waals surface area contributed by atoms with Crippen LogP contribution < -0.4 is 0 Å². The van der Waals surface area contributed by atoms with Crippen LogP contribution in [0.3, 0.4) is 0 Å². The van der Waals surface area contributed by atoms with Crippen molar-refractivity contribution in [3.05, 3.63) is 64.8 Å². The maximum atomic E-state index is 13.3. The molecule has 0 spiro atoms. The van der Waals surface area contributed by atoms with Gasteiger partial charge < -0.3 is 4.57 Å². The highest BCUT2D eigenvalue weighted by Crippen LogP contribution is 2.28. The van der Waals surface area contributed by atoms with Gasteiger partial charge in [0, 0.05) is 11.1 Å². The Morgan fingerprint density at radius 1 is 0.833 bits per heavy atom. The van der Waals surface area contributed by atoms with Crippen LogP contribution in [0.4, 0.5) is 8.78 Å².